The summed E-state index contributed by atoms with van der Waals surface area (Å²) in [5.74, 6) is 2.90. The molecular weight excluding hydrogens is 270 g/mol. The average molecular weight is 295 g/mol. The molecule has 0 amide bonds. The lowest BCUT2D eigenvalue weighted by Gasteiger charge is -2.40. The standard InChI is InChI=1S/C15H25N3OS/c1-3-13-12(9-18(2)17-13)14(16)11-4-6-19-15(8-11)5-7-20-10-15/h9,11,14H,3-8,10,16H2,1-2H3. The Hall–Kier alpha value is -0.520. The van der Waals surface area contributed by atoms with Crippen molar-refractivity contribution >= 4 is 11.8 Å². The summed E-state index contributed by atoms with van der Waals surface area (Å²) in [4.78, 5) is 0. The molecule has 3 atom stereocenters. The molecule has 1 spiro atoms. The topological polar surface area (TPSA) is 53.1 Å². The second-order valence-electron chi connectivity index (χ2n) is 6.17. The molecule has 0 bridgehead atoms. The maximum absolute atomic E-state index is 6.59. The van der Waals surface area contributed by atoms with Gasteiger partial charge in [-0.3, -0.25) is 4.68 Å². The van der Waals surface area contributed by atoms with E-state index in [-0.39, 0.29) is 11.6 Å². The number of rotatable bonds is 3. The number of nitrogens with two attached hydrogens (primary N) is 1. The van der Waals surface area contributed by atoms with E-state index < -0.39 is 0 Å². The van der Waals surface area contributed by atoms with E-state index in [2.05, 4.69) is 18.2 Å². The van der Waals surface area contributed by atoms with Gasteiger partial charge in [-0.15, -0.1) is 0 Å². The molecule has 2 saturated heterocycles. The van der Waals surface area contributed by atoms with Crippen molar-refractivity contribution < 1.29 is 4.74 Å². The Bertz CT molecular complexity index is 468. The molecule has 2 aliphatic heterocycles. The molecule has 2 aliphatic rings. The fourth-order valence-corrected chi connectivity index (χ4v) is 4.97. The fraction of sp³-hybridized carbons (Fsp3) is 0.800. The summed E-state index contributed by atoms with van der Waals surface area (Å²) in [6, 6.07) is 0.102. The number of aryl methyl sites for hydroxylation is 2. The molecule has 2 fully saturated rings. The van der Waals surface area contributed by atoms with Crippen LogP contribution in [0.15, 0.2) is 6.20 Å². The van der Waals surface area contributed by atoms with E-state index in [1.54, 1.807) is 0 Å². The first-order valence-corrected chi connectivity index (χ1v) is 8.79. The van der Waals surface area contributed by atoms with Crippen LogP contribution in [0.3, 0.4) is 0 Å². The predicted octanol–water partition coefficient (Wildman–Crippen LogP) is 2.28. The summed E-state index contributed by atoms with van der Waals surface area (Å²) in [5.41, 5.74) is 9.10. The van der Waals surface area contributed by atoms with Crippen LogP contribution in [0.1, 0.15) is 43.5 Å². The lowest BCUT2D eigenvalue weighted by molar-refractivity contribution is -0.0834. The third kappa shape index (κ3) is 2.63. The van der Waals surface area contributed by atoms with E-state index in [4.69, 9.17) is 10.5 Å². The minimum atomic E-state index is 0.102. The van der Waals surface area contributed by atoms with Gasteiger partial charge in [0.1, 0.15) is 0 Å². The monoisotopic (exact) mass is 295 g/mol. The Kier molecular flexibility index (Phi) is 4.11. The van der Waals surface area contributed by atoms with Gasteiger partial charge in [-0.05, 0) is 37.4 Å². The van der Waals surface area contributed by atoms with E-state index in [1.807, 2.05) is 23.5 Å². The molecule has 3 unspecified atom stereocenters. The van der Waals surface area contributed by atoms with Gasteiger partial charge in [-0.2, -0.15) is 16.9 Å². The number of hydrogen-bond donors (Lipinski definition) is 1. The number of aromatic nitrogens is 2. The van der Waals surface area contributed by atoms with Crippen molar-refractivity contribution in [3.8, 4) is 0 Å². The highest BCUT2D eigenvalue weighted by Gasteiger charge is 2.42. The molecule has 112 valence electrons. The Morgan fingerprint density at radius 2 is 2.50 bits per heavy atom. The molecule has 0 aromatic carbocycles. The SMILES string of the molecule is CCc1nn(C)cc1C(N)C1CCOC2(CCSC2)C1. The minimum Gasteiger partial charge on any atom is -0.374 e. The molecule has 2 N–H and O–H groups in total. The van der Waals surface area contributed by atoms with Crippen molar-refractivity contribution in [3.05, 3.63) is 17.5 Å². The van der Waals surface area contributed by atoms with Gasteiger partial charge in [-0.25, -0.2) is 0 Å². The second kappa shape index (κ2) is 5.70. The summed E-state index contributed by atoms with van der Waals surface area (Å²) in [5, 5.41) is 4.54. The summed E-state index contributed by atoms with van der Waals surface area (Å²) in [6.45, 7) is 3.01. The first-order chi connectivity index (χ1) is 9.63. The maximum atomic E-state index is 6.59. The van der Waals surface area contributed by atoms with Gasteiger partial charge in [0, 0.05) is 37.2 Å². The summed E-state index contributed by atoms with van der Waals surface area (Å²) >= 11 is 2.02. The number of ether oxygens (including phenoxy) is 1. The van der Waals surface area contributed by atoms with Gasteiger partial charge in [0.25, 0.3) is 0 Å². The summed E-state index contributed by atoms with van der Waals surface area (Å²) < 4.78 is 8.00. The van der Waals surface area contributed by atoms with Crippen LogP contribution in [0.4, 0.5) is 0 Å². The van der Waals surface area contributed by atoms with Crippen LogP contribution < -0.4 is 5.73 Å². The third-order valence-electron chi connectivity index (χ3n) is 4.74. The molecule has 4 nitrogen and oxygen atoms in total. The van der Waals surface area contributed by atoms with Crippen LogP contribution in [-0.2, 0) is 18.2 Å². The first kappa shape index (κ1) is 14.4. The minimum absolute atomic E-state index is 0.102. The van der Waals surface area contributed by atoms with Crippen LogP contribution in [0.25, 0.3) is 0 Å². The van der Waals surface area contributed by atoms with Gasteiger partial charge in [0.2, 0.25) is 0 Å². The first-order valence-electron chi connectivity index (χ1n) is 7.63. The van der Waals surface area contributed by atoms with E-state index in [9.17, 15) is 0 Å². The van der Waals surface area contributed by atoms with E-state index in [0.717, 1.165) is 37.3 Å². The van der Waals surface area contributed by atoms with Crippen molar-refractivity contribution in [2.45, 2.75) is 44.2 Å². The molecule has 1 aromatic heterocycles. The smallest absolute Gasteiger partial charge is 0.0783 e. The Morgan fingerprint density at radius 3 is 3.20 bits per heavy atom. The highest BCUT2D eigenvalue weighted by Crippen LogP contribution is 2.43. The van der Waals surface area contributed by atoms with E-state index in [0.29, 0.717) is 5.92 Å². The molecule has 5 heteroatoms. The Balaban J connectivity index is 1.77. The van der Waals surface area contributed by atoms with Crippen LogP contribution in [0, 0.1) is 5.92 Å². The van der Waals surface area contributed by atoms with E-state index >= 15 is 0 Å². The molecule has 3 heterocycles. The number of hydrogen-bond acceptors (Lipinski definition) is 4. The number of nitrogens with zero attached hydrogens (tertiary/aromatic N) is 2. The molecule has 20 heavy (non-hydrogen) atoms. The zero-order chi connectivity index (χ0) is 14.2. The van der Waals surface area contributed by atoms with Crippen molar-refractivity contribution in [2.75, 3.05) is 18.1 Å². The predicted molar refractivity (Wildman–Crippen MR) is 82.9 cm³/mol. The van der Waals surface area contributed by atoms with Crippen molar-refractivity contribution in [1.82, 2.24) is 9.78 Å². The van der Waals surface area contributed by atoms with Crippen LogP contribution in [-0.4, -0.2) is 33.5 Å². The quantitative estimate of drug-likeness (QED) is 0.929. The largest absolute Gasteiger partial charge is 0.374 e. The Morgan fingerprint density at radius 1 is 1.65 bits per heavy atom. The van der Waals surface area contributed by atoms with E-state index in [1.165, 1.54) is 17.7 Å². The zero-order valence-electron chi connectivity index (χ0n) is 12.5. The average Bonchev–Trinajstić information content (AvgIpc) is 3.05. The molecule has 0 aliphatic carbocycles. The van der Waals surface area contributed by atoms with Crippen molar-refractivity contribution in [2.24, 2.45) is 18.7 Å². The van der Waals surface area contributed by atoms with Gasteiger partial charge in [0.05, 0.1) is 11.3 Å². The molecular formula is C15H25N3OS. The van der Waals surface area contributed by atoms with Gasteiger partial charge >= 0.3 is 0 Å². The van der Waals surface area contributed by atoms with Crippen LogP contribution >= 0.6 is 11.8 Å². The molecule has 0 radical (unpaired) electrons. The van der Waals surface area contributed by atoms with Crippen LogP contribution in [0.2, 0.25) is 0 Å². The molecule has 3 rings (SSSR count). The van der Waals surface area contributed by atoms with Crippen LogP contribution in [0.5, 0.6) is 0 Å². The highest BCUT2D eigenvalue weighted by molar-refractivity contribution is 7.99. The number of thioether (sulfide) groups is 1. The molecule has 0 saturated carbocycles. The van der Waals surface area contributed by atoms with Gasteiger partial charge in [0.15, 0.2) is 0 Å². The van der Waals surface area contributed by atoms with Gasteiger partial charge in [-0.1, -0.05) is 6.92 Å². The normalized spacial score (nSPS) is 31.9. The zero-order valence-corrected chi connectivity index (χ0v) is 13.3. The lowest BCUT2D eigenvalue weighted by atomic mass is 9.79. The summed E-state index contributed by atoms with van der Waals surface area (Å²) in [6.07, 6.45) is 6.43. The third-order valence-corrected chi connectivity index (χ3v) is 5.96. The van der Waals surface area contributed by atoms with Crippen molar-refractivity contribution in [1.29, 1.82) is 0 Å². The second-order valence-corrected chi connectivity index (χ2v) is 7.28. The van der Waals surface area contributed by atoms with Gasteiger partial charge < -0.3 is 10.5 Å². The summed E-state index contributed by atoms with van der Waals surface area (Å²) in [7, 11) is 1.98. The van der Waals surface area contributed by atoms with Crippen molar-refractivity contribution in [3.63, 3.8) is 0 Å². The molecule has 1 aromatic rings. The Labute approximate surface area is 125 Å². The maximum Gasteiger partial charge on any atom is 0.0783 e. The lowest BCUT2D eigenvalue weighted by Crippen LogP contribution is -2.42. The fourth-order valence-electron chi connectivity index (χ4n) is 3.60. The highest BCUT2D eigenvalue weighted by atomic mass is 32.2.